The van der Waals surface area contributed by atoms with Crippen molar-refractivity contribution in [1.82, 2.24) is 5.32 Å². The van der Waals surface area contributed by atoms with Crippen LogP contribution in [0.25, 0.3) is 0 Å². The first kappa shape index (κ1) is 17.4. The lowest BCUT2D eigenvalue weighted by atomic mass is 9.87. The molecule has 0 bridgehead atoms. The SMILES string of the molecule is NCCC[C@]1(C(=O)O)CCCCCCCCCCCN1. The van der Waals surface area contributed by atoms with Gasteiger partial charge >= 0.3 is 5.97 Å². The molecule has 20 heavy (non-hydrogen) atoms. The van der Waals surface area contributed by atoms with Gasteiger partial charge in [0.15, 0.2) is 0 Å². The van der Waals surface area contributed by atoms with E-state index < -0.39 is 11.5 Å². The summed E-state index contributed by atoms with van der Waals surface area (Å²) in [7, 11) is 0. The van der Waals surface area contributed by atoms with Gasteiger partial charge in [-0.1, -0.05) is 51.4 Å². The molecule has 0 aromatic heterocycles. The van der Waals surface area contributed by atoms with Crippen LogP contribution in [0.3, 0.4) is 0 Å². The van der Waals surface area contributed by atoms with Crippen molar-refractivity contribution in [2.75, 3.05) is 13.1 Å². The predicted molar refractivity (Wildman–Crippen MR) is 82.8 cm³/mol. The molecule has 0 spiro atoms. The van der Waals surface area contributed by atoms with Crippen LogP contribution in [0.5, 0.6) is 0 Å². The van der Waals surface area contributed by atoms with Gasteiger partial charge in [0, 0.05) is 0 Å². The van der Waals surface area contributed by atoms with Gasteiger partial charge in [0.25, 0.3) is 0 Å². The third kappa shape index (κ3) is 6.23. The number of carboxylic acids is 1. The van der Waals surface area contributed by atoms with E-state index in [2.05, 4.69) is 5.32 Å². The lowest BCUT2D eigenvalue weighted by Crippen LogP contribution is -2.52. The molecule has 0 aliphatic carbocycles. The van der Waals surface area contributed by atoms with E-state index in [9.17, 15) is 9.90 Å². The van der Waals surface area contributed by atoms with E-state index in [0.29, 0.717) is 13.0 Å². The molecule has 1 aliphatic rings. The zero-order valence-corrected chi connectivity index (χ0v) is 12.8. The smallest absolute Gasteiger partial charge is 0.323 e. The Balaban J connectivity index is 2.61. The minimum absolute atomic E-state index is 0.566. The molecule has 4 nitrogen and oxygen atoms in total. The summed E-state index contributed by atoms with van der Waals surface area (Å²) in [5, 5.41) is 13.0. The maximum absolute atomic E-state index is 11.8. The van der Waals surface area contributed by atoms with Crippen LogP contribution in [0, 0.1) is 0 Å². The van der Waals surface area contributed by atoms with Crippen molar-refractivity contribution in [2.45, 2.75) is 82.6 Å². The summed E-state index contributed by atoms with van der Waals surface area (Å²) in [6.45, 7) is 1.38. The highest BCUT2D eigenvalue weighted by atomic mass is 16.4. The quantitative estimate of drug-likeness (QED) is 0.741. The lowest BCUT2D eigenvalue weighted by molar-refractivity contribution is -0.145. The number of aliphatic carboxylic acids is 1. The third-order valence-electron chi connectivity index (χ3n) is 4.46. The Morgan fingerprint density at radius 2 is 1.55 bits per heavy atom. The Hall–Kier alpha value is -0.610. The van der Waals surface area contributed by atoms with Crippen molar-refractivity contribution < 1.29 is 9.90 Å². The van der Waals surface area contributed by atoms with Crippen LogP contribution in [0.1, 0.15) is 77.0 Å². The van der Waals surface area contributed by atoms with Crippen LogP contribution in [0.2, 0.25) is 0 Å². The minimum atomic E-state index is -0.743. The fourth-order valence-electron chi connectivity index (χ4n) is 3.11. The molecule has 1 rings (SSSR count). The molecular weight excluding hydrogens is 252 g/mol. The molecule has 4 N–H and O–H groups in total. The van der Waals surface area contributed by atoms with Gasteiger partial charge < -0.3 is 16.2 Å². The monoisotopic (exact) mass is 284 g/mol. The van der Waals surface area contributed by atoms with E-state index in [4.69, 9.17) is 5.73 Å². The Morgan fingerprint density at radius 1 is 1.00 bits per heavy atom. The van der Waals surface area contributed by atoms with Crippen molar-refractivity contribution in [2.24, 2.45) is 5.73 Å². The molecule has 0 amide bonds. The third-order valence-corrected chi connectivity index (χ3v) is 4.46. The van der Waals surface area contributed by atoms with Crippen LogP contribution in [0.15, 0.2) is 0 Å². The maximum Gasteiger partial charge on any atom is 0.323 e. The number of hydrogen-bond acceptors (Lipinski definition) is 3. The van der Waals surface area contributed by atoms with Gasteiger partial charge in [0.1, 0.15) is 5.54 Å². The standard InChI is InChI=1S/C16H32N2O2/c17-13-10-12-16(15(19)20)11-8-6-4-2-1-3-5-7-9-14-18-16/h18H,1-14,17H2,(H,19,20)/t16-/m0/s1. The van der Waals surface area contributed by atoms with E-state index in [1.807, 2.05) is 0 Å². The second-order valence-electron chi connectivity index (χ2n) is 6.14. The van der Waals surface area contributed by atoms with Crippen molar-refractivity contribution >= 4 is 5.97 Å². The summed E-state index contributed by atoms with van der Waals surface area (Å²) < 4.78 is 0. The first-order valence-electron chi connectivity index (χ1n) is 8.40. The second kappa shape index (κ2) is 10.2. The fourth-order valence-corrected chi connectivity index (χ4v) is 3.11. The number of carbonyl (C=O) groups is 1. The van der Waals surface area contributed by atoms with E-state index in [1.54, 1.807) is 0 Å². The van der Waals surface area contributed by atoms with E-state index in [1.165, 1.54) is 38.5 Å². The molecule has 1 aliphatic heterocycles. The van der Waals surface area contributed by atoms with Gasteiger partial charge in [0.05, 0.1) is 0 Å². The van der Waals surface area contributed by atoms with Crippen molar-refractivity contribution in [3.05, 3.63) is 0 Å². The average molecular weight is 284 g/mol. The summed E-state index contributed by atoms with van der Waals surface area (Å²) in [6.07, 6.45) is 13.1. The summed E-state index contributed by atoms with van der Waals surface area (Å²) in [5.41, 5.74) is 4.83. The van der Waals surface area contributed by atoms with Gasteiger partial charge in [-0.05, 0) is 38.8 Å². The molecule has 0 unspecified atom stereocenters. The number of hydrogen-bond donors (Lipinski definition) is 3. The normalized spacial score (nSPS) is 27.1. The predicted octanol–water partition coefficient (Wildman–Crippen LogP) is 3.05. The van der Waals surface area contributed by atoms with Gasteiger partial charge in [-0.2, -0.15) is 0 Å². The molecule has 1 atom stereocenters. The lowest BCUT2D eigenvalue weighted by Gasteiger charge is -2.31. The fraction of sp³-hybridized carbons (Fsp3) is 0.938. The molecule has 4 heteroatoms. The number of nitrogens with one attached hydrogen (secondary N) is 1. The highest BCUT2D eigenvalue weighted by molar-refractivity contribution is 5.78. The number of rotatable bonds is 4. The zero-order chi connectivity index (χ0) is 14.7. The Bertz CT molecular complexity index is 255. The van der Waals surface area contributed by atoms with Crippen molar-refractivity contribution in [3.63, 3.8) is 0 Å². The molecule has 1 heterocycles. The van der Waals surface area contributed by atoms with Crippen LogP contribution in [-0.4, -0.2) is 29.7 Å². The minimum Gasteiger partial charge on any atom is -0.480 e. The zero-order valence-electron chi connectivity index (χ0n) is 12.8. The summed E-state index contributed by atoms with van der Waals surface area (Å²) in [6, 6.07) is 0. The van der Waals surface area contributed by atoms with Crippen LogP contribution < -0.4 is 11.1 Å². The summed E-state index contributed by atoms with van der Waals surface area (Å²) in [4.78, 5) is 11.8. The Labute approximate surface area is 123 Å². The van der Waals surface area contributed by atoms with Crippen LogP contribution in [0.4, 0.5) is 0 Å². The van der Waals surface area contributed by atoms with E-state index in [-0.39, 0.29) is 0 Å². The first-order valence-corrected chi connectivity index (χ1v) is 8.40. The molecule has 1 saturated heterocycles. The number of nitrogens with two attached hydrogens (primary N) is 1. The highest BCUT2D eigenvalue weighted by Gasteiger charge is 2.36. The first-order chi connectivity index (χ1) is 9.71. The van der Waals surface area contributed by atoms with Crippen molar-refractivity contribution in [1.29, 1.82) is 0 Å². The maximum atomic E-state index is 11.8. The molecule has 118 valence electrons. The molecule has 1 fully saturated rings. The molecule has 0 radical (unpaired) electrons. The van der Waals surface area contributed by atoms with Gasteiger partial charge in [-0.15, -0.1) is 0 Å². The largest absolute Gasteiger partial charge is 0.480 e. The molecule has 0 aromatic rings. The highest BCUT2D eigenvalue weighted by Crippen LogP contribution is 2.23. The van der Waals surface area contributed by atoms with Crippen molar-refractivity contribution in [3.8, 4) is 0 Å². The van der Waals surface area contributed by atoms with E-state index in [0.717, 1.165) is 38.6 Å². The van der Waals surface area contributed by atoms with Crippen LogP contribution in [-0.2, 0) is 4.79 Å². The van der Waals surface area contributed by atoms with Crippen LogP contribution >= 0.6 is 0 Å². The molecular formula is C16H32N2O2. The average Bonchev–Trinajstić information content (AvgIpc) is 2.46. The Kier molecular flexibility index (Phi) is 8.86. The molecule has 0 aromatic carbocycles. The topological polar surface area (TPSA) is 75.4 Å². The Morgan fingerprint density at radius 3 is 2.10 bits per heavy atom. The van der Waals surface area contributed by atoms with Gasteiger partial charge in [-0.3, -0.25) is 4.79 Å². The number of carboxylic acid groups (broad SMARTS) is 1. The van der Waals surface area contributed by atoms with Gasteiger partial charge in [0.2, 0.25) is 0 Å². The summed E-state index contributed by atoms with van der Waals surface area (Å²) in [5.74, 6) is -0.694. The van der Waals surface area contributed by atoms with E-state index >= 15 is 0 Å². The summed E-state index contributed by atoms with van der Waals surface area (Å²) >= 11 is 0. The molecule has 0 saturated carbocycles. The second-order valence-corrected chi connectivity index (χ2v) is 6.14. The van der Waals surface area contributed by atoms with Gasteiger partial charge in [-0.25, -0.2) is 0 Å².